The van der Waals surface area contributed by atoms with Gasteiger partial charge in [0.1, 0.15) is 0 Å². The summed E-state index contributed by atoms with van der Waals surface area (Å²) in [6, 6.07) is 22.9. The molecule has 4 fully saturated rings. The second-order valence-corrected chi connectivity index (χ2v) is 24.7. The van der Waals surface area contributed by atoms with Gasteiger partial charge in [-0.15, -0.1) is 56.7 Å². The number of ketones is 2. The van der Waals surface area contributed by atoms with Crippen molar-refractivity contribution in [1.29, 1.82) is 0 Å². The van der Waals surface area contributed by atoms with Gasteiger partial charge in [0.25, 0.3) is 0 Å². The van der Waals surface area contributed by atoms with E-state index in [0.717, 1.165) is 73.7 Å². The van der Waals surface area contributed by atoms with Crippen LogP contribution >= 0.6 is 56.7 Å². The second kappa shape index (κ2) is 19.9. The fraction of sp³-hybridized carbons (Fsp3) is 0.414. The minimum atomic E-state index is 0.334. The van der Waals surface area contributed by atoms with E-state index in [1.165, 1.54) is 138 Å². The Morgan fingerprint density at radius 1 is 0.354 bits per heavy atom. The molecule has 0 N–H and O–H groups in total. The number of allylic oxidation sites excluding steroid dienone is 10. The Morgan fingerprint density at radius 3 is 0.969 bits per heavy atom. The van der Waals surface area contributed by atoms with Crippen LogP contribution in [-0.4, -0.2) is 11.6 Å². The van der Waals surface area contributed by atoms with Crippen LogP contribution in [0.3, 0.4) is 0 Å². The molecule has 2 nitrogen and oxygen atoms in total. The summed E-state index contributed by atoms with van der Waals surface area (Å²) in [5, 5.41) is 4.35. The van der Waals surface area contributed by atoms with E-state index in [2.05, 4.69) is 95.7 Å². The quantitative estimate of drug-likeness (QED) is 0.140. The number of Topliss-reactive ketones (excluding diaryl/α,β-unsaturated/α-hetero) is 2. The maximum atomic E-state index is 14.8. The third kappa shape index (κ3) is 9.19. The predicted octanol–water partition coefficient (Wildman–Crippen LogP) is 18.1. The molecule has 0 saturated heterocycles. The van der Waals surface area contributed by atoms with Crippen LogP contribution in [0.5, 0.6) is 0 Å². The highest BCUT2D eigenvalue weighted by Crippen LogP contribution is 2.49. The van der Waals surface area contributed by atoms with E-state index in [9.17, 15) is 9.59 Å². The van der Waals surface area contributed by atoms with Crippen LogP contribution in [-0.2, 0) is 9.59 Å². The van der Waals surface area contributed by atoms with Gasteiger partial charge >= 0.3 is 0 Å². The fourth-order valence-electron chi connectivity index (χ4n) is 12.0. The minimum absolute atomic E-state index is 0.334. The number of carbonyl (C=O) groups is 2. The van der Waals surface area contributed by atoms with Crippen LogP contribution in [0, 0.1) is 23.7 Å². The van der Waals surface area contributed by atoms with Gasteiger partial charge in [0, 0.05) is 72.5 Å². The highest BCUT2D eigenvalue weighted by Gasteiger charge is 2.35. The van der Waals surface area contributed by atoms with Crippen molar-refractivity contribution in [3.05, 3.63) is 149 Å². The number of rotatable bonds is 10. The number of hydrogen-bond donors (Lipinski definition) is 0. The Hall–Kier alpha value is -3.72. The molecule has 0 unspecified atom stereocenters. The minimum Gasteiger partial charge on any atom is -0.289 e. The Labute approximate surface area is 406 Å². The zero-order valence-electron chi connectivity index (χ0n) is 37.5. The molecular formula is C58H60O2S5. The summed E-state index contributed by atoms with van der Waals surface area (Å²) in [7, 11) is 0. The lowest BCUT2D eigenvalue weighted by Gasteiger charge is -2.31. The molecule has 7 heteroatoms. The standard InChI is InChI=1S/C58H60O2S5/c59-57-43(37-15-5-1-6-16-37)33-41(34-44(57)38-17-7-2-8-18-38)55(51-27-25-49(63-51)47-23-13-31-61-47)53-29-30-54(65-53)56(52-28-26-50(64-52)48-24-14-32-62-48)42-35-45(39-19-9-3-10-20-39)58(60)46(36-42)40-21-11-4-12-22-40/h13-14,23-40H,1-12,15-22H2. The average Bonchev–Trinajstić information content (AvgIpc) is 4.23. The maximum Gasteiger partial charge on any atom is 0.185 e. The number of carbonyl (C=O) groups excluding carboxylic acids is 2. The van der Waals surface area contributed by atoms with Gasteiger partial charge < -0.3 is 0 Å². The molecule has 0 aliphatic heterocycles. The number of thiophene rings is 5. The normalized spacial score (nSPS) is 21.0. The molecule has 0 amide bonds. The molecular weight excluding hydrogens is 889 g/mol. The van der Waals surface area contributed by atoms with Gasteiger partial charge in [-0.05, 0) is 170 Å². The third-order valence-corrected chi connectivity index (χ3v) is 20.8. The first-order valence-electron chi connectivity index (χ1n) is 24.9. The molecule has 65 heavy (non-hydrogen) atoms. The van der Waals surface area contributed by atoms with Gasteiger partial charge in [0.05, 0.1) is 0 Å². The van der Waals surface area contributed by atoms with Crippen molar-refractivity contribution < 1.29 is 9.59 Å². The fourth-order valence-corrected chi connectivity index (χ4v) is 17.1. The molecule has 334 valence electrons. The Balaban J connectivity index is 1.12. The summed E-state index contributed by atoms with van der Waals surface area (Å²) in [6.07, 6.45) is 33.1. The summed E-state index contributed by atoms with van der Waals surface area (Å²) in [5.74, 6) is 2.01. The molecule has 0 bridgehead atoms. The lowest BCUT2D eigenvalue weighted by Crippen LogP contribution is -2.25. The highest BCUT2D eigenvalue weighted by molar-refractivity contribution is 7.23. The molecule has 0 spiro atoms. The highest BCUT2D eigenvalue weighted by atomic mass is 32.1. The van der Waals surface area contributed by atoms with Crippen molar-refractivity contribution >= 4 is 79.4 Å². The Morgan fingerprint density at radius 2 is 0.662 bits per heavy atom. The summed E-state index contributed by atoms with van der Waals surface area (Å²) >= 11 is 9.29. The van der Waals surface area contributed by atoms with Crippen molar-refractivity contribution in [3.8, 4) is 19.5 Å². The third-order valence-electron chi connectivity index (χ3n) is 15.4. The second-order valence-electron chi connectivity index (χ2n) is 19.5. The largest absolute Gasteiger partial charge is 0.289 e. The van der Waals surface area contributed by atoms with Crippen LogP contribution in [0.25, 0.3) is 30.7 Å². The van der Waals surface area contributed by atoms with Gasteiger partial charge in [-0.3, -0.25) is 9.59 Å². The molecule has 6 aliphatic rings. The van der Waals surface area contributed by atoms with Crippen molar-refractivity contribution in [3.63, 3.8) is 0 Å². The van der Waals surface area contributed by atoms with E-state index in [4.69, 9.17) is 0 Å². The molecule has 4 saturated carbocycles. The first kappa shape index (κ1) is 43.8. The topological polar surface area (TPSA) is 34.1 Å². The van der Waals surface area contributed by atoms with Crippen LogP contribution in [0.1, 0.15) is 148 Å². The van der Waals surface area contributed by atoms with Gasteiger partial charge in [-0.1, -0.05) is 89.2 Å². The van der Waals surface area contributed by atoms with Gasteiger partial charge in [0.15, 0.2) is 11.6 Å². The lowest BCUT2D eigenvalue weighted by molar-refractivity contribution is -0.114. The molecule has 6 aliphatic carbocycles. The summed E-state index contributed by atoms with van der Waals surface area (Å²) in [5.41, 5.74) is 9.23. The van der Waals surface area contributed by atoms with E-state index in [1.807, 2.05) is 34.0 Å². The van der Waals surface area contributed by atoms with E-state index >= 15 is 0 Å². The zero-order chi connectivity index (χ0) is 43.7. The summed E-state index contributed by atoms with van der Waals surface area (Å²) in [6.45, 7) is 0. The molecule has 5 aromatic heterocycles. The van der Waals surface area contributed by atoms with Crippen LogP contribution in [0.4, 0.5) is 0 Å². The van der Waals surface area contributed by atoms with E-state index in [-0.39, 0.29) is 0 Å². The van der Waals surface area contributed by atoms with Crippen molar-refractivity contribution in [1.82, 2.24) is 0 Å². The Kier molecular flexibility index (Phi) is 13.4. The molecule has 11 rings (SSSR count). The first-order chi connectivity index (χ1) is 32.1. The predicted molar refractivity (Wildman–Crippen MR) is 280 cm³/mol. The monoisotopic (exact) mass is 948 g/mol. The average molecular weight is 949 g/mol. The van der Waals surface area contributed by atoms with E-state index in [1.54, 1.807) is 22.7 Å². The van der Waals surface area contributed by atoms with Crippen molar-refractivity contribution in [2.75, 3.05) is 0 Å². The summed E-state index contributed by atoms with van der Waals surface area (Å²) in [4.78, 5) is 39.7. The SMILES string of the molecule is O=C1C(C2CCCCC2)=CC(=C(c2ccc(C(=C3C=C(C4CCCCC4)C(=O)C(C4CCCCC4)=C3)c3ccc(-c4cccs4)s3)s2)c2ccc(-c3cccs3)s2)C=C1C1CCCCC1. The molecule has 5 heterocycles. The smallest absolute Gasteiger partial charge is 0.185 e. The van der Waals surface area contributed by atoms with Crippen molar-refractivity contribution in [2.24, 2.45) is 23.7 Å². The Bertz CT molecular complexity index is 2440. The first-order valence-corrected chi connectivity index (χ1v) is 29.1. The number of hydrogen-bond acceptors (Lipinski definition) is 7. The van der Waals surface area contributed by atoms with E-state index in [0.29, 0.717) is 35.2 Å². The van der Waals surface area contributed by atoms with Crippen LogP contribution < -0.4 is 0 Å². The molecule has 0 radical (unpaired) electrons. The van der Waals surface area contributed by atoms with Crippen LogP contribution in [0.15, 0.2) is 129 Å². The van der Waals surface area contributed by atoms with Gasteiger partial charge in [0.2, 0.25) is 0 Å². The zero-order valence-corrected chi connectivity index (χ0v) is 41.6. The van der Waals surface area contributed by atoms with E-state index < -0.39 is 0 Å². The molecule has 0 aromatic carbocycles. The molecule has 0 atom stereocenters. The van der Waals surface area contributed by atoms with Crippen LogP contribution in [0.2, 0.25) is 0 Å². The maximum absolute atomic E-state index is 14.8. The summed E-state index contributed by atoms with van der Waals surface area (Å²) < 4.78 is 0. The lowest BCUT2D eigenvalue weighted by atomic mass is 9.72. The molecule has 5 aromatic rings. The van der Waals surface area contributed by atoms with Gasteiger partial charge in [-0.2, -0.15) is 0 Å². The van der Waals surface area contributed by atoms with Crippen molar-refractivity contribution in [2.45, 2.75) is 128 Å². The van der Waals surface area contributed by atoms with Gasteiger partial charge in [-0.25, -0.2) is 0 Å².